The van der Waals surface area contributed by atoms with Crippen LogP contribution in [-0.2, 0) is 5.41 Å². The van der Waals surface area contributed by atoms with Gasteiger partial charge in [-0.05, 0) is 99.8 Å². The number of para-hydroxylation sites is 2. The fraction of sp³-hybridized carbons (Fsp3) is 0.105. The number of hydrogen-bond acceptors (Lipinski definition) is 5. The van der Waals surface area contributed by atoms with Crippen molar-refractivity contribution in [1.29, 1.82) is 0 Å². The van der Waals surface area contributed by atoms with Gasteiger partial charge in [0.2, 0.25) is 0 Å². The largest absolute Gasteiger partial charge is 0.456 e. The summed E-state index contributed by atoms with van der Waals surface area (Å²) >= 11 is 0. The molecule has 62 heavy (non-hydrogen) atoms. The van der Waals surface area contributed by atoms with Gasteiger partial charge < -0.3 is 8.83 Å². The summed E-state index contributed by atoms with van der Waals surface area (Å²) in [6, 6.07) is 62.3. The van der Waals surface area contributed by atoms with Crippen LogP contribution in [0.5, 0.6) is 0 Å². The smallest absolute Gasteiger partial charge is 0.164 e. The second kappa shape index (κ2) is 13.7. The molecule has 5 heteroatoms. The van der Waals surface area contributed by atoms with Crippen LogP contribution in [0.3, 0.4) is 0 Å². The van der Waals surface area contributed by atoms with Gasteiger partial charge in [-0.15, -0.1) is 0 Å². The molecule has 0 N–H and O–H groups in total. The van der Waals surface area contributed by atoms with Gasteiger partial charge in [0.1, 0.15) is 22.3 Å². The molecule has 11 aromatic rings. The molecule has 2 aliphatic rings. The van der Waals surface area contributed by atoms with Crippen molar-refractivity contribution in [2.45, 2.75) is 37.5 Å². The van der Waals surface area contributed by atoms with Crippen LogP contribution in [0.25, 0.3) is 111 Å². The number of furan rings is 2. The van der Waals surface area contributed by atoms with E-state index in [4.69, 9.17) is 23.8 Å². The Morgan fingerprint density at radius 1 is 0.339 bits per heavy atom. The number of benzene rings is 8. The number of hydrogen-bond donors (Lipinski definition) is 0. The second-order valence-corrected chi connectivity index (χ2v) is 17.0. The van der Waals surface area contributed by atoms with E-state index in [0.717, 1.165) is 71.7 Å². The number of nitrogens with zero attached hydrogens (tertiary/aromatic N) is 3. The van der Waals surface area contributed by atoms with Crippen LogP contribution >= 0.6 is 0 Å². The zero-order valence-corrected chi connectivity index (χ0v) is 33.9. The zero-order valence-electron chi connectivity index (χ0n) is 33.9. The van der Waals surface area contributed by atoms with Crippen LogP contribution in [0.1, 0.15) is 43.2 Å². The predicted molar refractivity (Wildman–Crippen MR) is 251 cm³/mol. The van der Waals surface area contributed by atoms with E-state index in [-0.39, 0.29) is 5.41 Å². The number of aromatic nitrogens is 3. The van der Waals surface area contributed by atoms with Crippen LogP contribution in [0.2, 0.25) is 0 Å². The highest BCUT2D eigenvalue weighted by molar-refractivity contribution is 6.13. The summed E-state index contributed by atoms with van der Waals surface area (Å²) in [5, 5.41) is 4.00. The Labute approximate surface area is 358 Å². The number of rotatable bonds is 5. The fourth-order valence-electron chi connectivity index (χ4n) is 10.7. The van der Waals surface area contributed by atoms with Crippen LogP contribution in [0.15, 0.2) is 185 Å². The van der Waals surface area contributed by atoms with E-state index in [0.29, 0.717) is 17.5 Å². The highest BCUT2D eigenvalue weighted by atomic mass is 16.3. The van der Waals surface area contributed by atoms with Gasteiger partial charge in [0.15, 0.2) is 17.5 Å². The van der Waals surface area contributed by atoms with Crippen molar-refractivity contribution in [3.05, 3.63) is 187 Å². The molecule has 3 aromatic heterocycles. The lowest BCUT2D eigenvalue weighted by molar-refractivity contribution is 0.353. The summed E-state index contributed by atoms with van der Waals surface area (Å²) in [5.74, 6) is 1.74. The molecule has 1 fully saturated rings. The zero-order chi connectivity index (χ0) is 40.8. The minimum Gasteiger partial charge on any atom is -0.456 e. The predicted octanol–water partition coefficient (Wildman–Crippen LogP) is 15.2. The molecule has 3 heterocycles. The van der Waals surface area contributed by atoms with Gasteiger partial charge in [-0.2, -0.15) is 0 Å². The minimum absolute atomic E-state index is 0.150. The molecule has 0 aliphatic heterocycles. The average molecular weight is 798 g/mol. The molecule has 8 aromatic carbocycles. The first kappa shape index (κ1) is 35.2. The maximum absolute atomic E-state index is 6.33. The quantitative estimate of drug-likeness (QED) is 0.174. The first-order valence-electron chi connectivity index (χ1n) is 21.7. The van der Waals surface area contributed by atoms with Crippen LogP contribution in [0, 0.1) is 0 Å². The molecule has 1 saturated carbocycles. The Bertz CT molecular complexity index is 3460. The normalized spacial score (nSPS) is 14.3. The summed E-state index contributed by atoms with van der Waals surface area (Å²) in [7, 11) is 0. The van der Waals surface area contributed by atoms with Gasteiger partial charge in [0, 0.05) is 43.7 Å². The summed E-state index contributed by atoms with van der Waals surface area (Å²) in [5.41, 5.74) is 16.5. The van der Waals surface area contributed by atoms with E-state index in [9.17, 15) is 0 Å². The van der Waals surface area contributed by atoms with Gasteiger partial charge in [-0.25, -0.2) is 15.0 Å². The summed E-state index contributed by atoms with van der Waals surface area (Å²) in [4.78, 5) is 15.8. The standard InChI is InChI=1S/C57H39N3O2/c1-8-30-57(31-9-1)46-23-5-2-18-40(46)45-34-38(28-29-47(45)57)36-15-10-14-35(32-36)37-16-11-17-39(33-37)54-58-55(43-21-12-26-50-52(43)41-19-3-6-24-48(41)61-50)60-56(59-54)44-22-13-27-51-53(44)42-20-4-7-25-49(42)62-51/h2-7,10-29,32-34H,1,8-9,30-31H2. The van der Waals surface area contributed by atoms with Crippen molar-refractivity contribution in [2.75, 3.05) is 0 Å². The van der Waals surface area contributed by atoms with E-state index in [1.165, 1.54) is 65.5 Å². The van der Waals surface area contributed by atoms with Gasteiger partial charge in [0.05, 0.1) is 0 Å². The third kappa shape index (κ3) is 5.37. The van der Waals surface area contributed by atoms with Crippen LogP contribution < -0.4 is 0 Å². The molecular formula is C57H39N3O2. The van der Waals surface area contributed by atoms with Gasteiger partial charge in [-0.3, -0.25) is 0 Å². The Hall–Kier alpha value is -7.63. The Balaban J connectivity index is 0.948. The SMILES string of the molecule is c1cc(-c2cccc(-c3nc(-c4cccc5oc6ccccc6c45)nc(-c4cccc5oc6ccccc6c45)n3)c2)cc(-c2ccc3c(c2)-c2ccccc2C32CCCCC2)c1. The van der Waals surface area contributed by atoms with E-state index in [1.54, 1.807) is 0 Å². The highest BCUT2D eigenvalue weighted by Crippen LogP contribution is 2.56. The van der Waals surface area contributed by atoms with E-state index in [2.05, 4.69) is 115 Å². The van der Waals surface area contributed by atoms with Crippen LogP contribution in [-0.4, -0.2) is 15.0 Å². The lowest BCUT2D eigenvalue weighted by Gasteiger charge is -2.36. The molecule has 1 spiro atoms. The lowest BCUT2D eigenvalue weighted by Crippen LogP contribution is -2.27. The molecule has 0 atom stereocenters. The third-order valence-electron chi connectivity index (χ3n) is 13.5. The van der Waals surface area contributed by atoms with Gasteiger partial charge in [0.25, 0.3) is 0 Å². The van der Waals surface area contributed by atoms with Crippen molar-refractivity contribution < 1.29 is 8.83 Å². The van der Waals surface area contributed by atoms with Crippen LogP contribution in [0.4, 0.5) is 0 Å². The van der Waals surface area contributed by atoms with Gasteiger partial charge >= 0.3 is 0 Å². The second-order valence-electron chi connectivity index (χ2n) is 17.0. The Morgan fingerprint density at radius 3 is 1.45 bits per heavy atom. The van der Waals surface area contributed by atoms with E-state index < -0.39 is 0 Å². The van der Waals surface area contributed by atoms with Crippen molar-refractivity contribution in [1.82, 2.24) is 15.0 Å². The fourth-order valence-corrected chi connectivity index (χ4v) is 10.7. The molecule has 294 valence electrons. The van der Waals surface area contributed by atoms with Crippen molar-refractivity contribution >= 4 is 43.9 Å². The maximum Gasteiger partial charge on any atom is 0.164 e. The first-order chi connectivity index (χ1) is 30.7. The monoisotopic (exact) mass is 797 g/mol. The highest BCUT2D eigenvalue weighted by Gasteiger charge is 2.43. The molecule has 0 unspecified atom stereocenters. The average Bonchev–Trinajstić information content (AvgIpc) is 4.00. The molecule has 0 amide bonds. The molecule has 13 rings (SSSR count). The van der Waals surface area contributed by atoms with E-state index >= 15 is 0 Å². The minimum atomic E-state index is 0.150. The third-order valence-corrected chi connectivity index (χ3v) is 13.5. The molecule has 5 nitrogen and oxygen atoms in total. The molecular weight excluding hydrogens is 759 g/mol. The van der Waals surface area contributed by atoms with Gasteiger partial charge in [-0.1, -0.05) is 153 Å². The Kier molecular flexibility index (Phi) is 7.77. The Morgan fingerprint density at radius 2 is 0.806 bits per heavy atom. The van der Waals surface area contributed by atoms with Crippen molar-refractivity contribution in [3.8, 4) is 67.5 Å². The summed E-state index contributed by atoms with van der Waals surface area (Å²) < 4.78 is 12.7. The lowest BCUT2D eigenvalue weighted by atomic mass is 9.68. The molecule has 2 aliphatic carbocycles. The van der Waals surface area contributed by atoms with Crippen molar-refractivity contribution in [3.63, 3.8) is 0 Å². The molecule has 0 saturated heterocycles. The van der Waals surface area contributed by atoms with E-state index in [1.807, 2.05) is 60.7 Å². The molecule has 0 bridgehead atoms. The topological polar surface area (TPSA) is 65.0 Å². The first-order valence-corrected chi connectivity index (χ1v) is 21.7. The summed E-state index contributed by atoms with van der Waals surface area (Å²) in [6.45, 7) is 0. The summed E-state index contributed by atoms with van der Waals surface area (Å²) in [6.07, 6.45) is 6.38. The number of fused-ring (bicyclic) bond motifs is 11. The molecule has 0 radical (unpaired) electrons. The van der Waals surface area contributed by atoms with Crippen molar-refractivity contribution in [2.24, 2.45) is 0 Å². The maximum atomic E-state index is 6.33.